The average Bonchev–Trinajstić information content (AvgIpc) is 2.84. The lowest BCUT2D eigenvalue weighted by Gasteiger charge is -2.32. The Morgan fingerprint density at radius 1 is 1.11 bits per heavy atom. The standard InChI is InChI=1S/C14H20BNO3/c1-13(2)14(3,4)19-15(18-13)10-5-6-11(16)12-9(10)7-8-17-12/h5-6H,7-8,16H2,1-4H3. The maximum Gasteiger partial charge on any atom is 0.495 e. The number of anilines is 1. The largest absolute Gasteiger partial charge is 0.495 e. The van der Waals surface area contributed by atoms with Crippen LogP contribution in [0.2, 0.25) is 0 Å². The highest BCUT2D eigenvalue weighted by atomic mass is 16.7. The number of benzene rings is 1. The molecule has 19 heavy (non-hydrogen) atoms. The molecule has 0 bridgehead atoms. The summed E-state index contributed by atoms with van der Waals surface area (Å²) < 4.78 is 17.8. The van der Waals surface area contributed by atoms with Gasteiger partial charge in [-0.05, 0) is 44.8 Å². The van der Waals surface area contributed by atoms with E-state index in [1.165, 1.54) is 0 Å². The van der Waals surface area contributed by atoms with Crippen molar-refractivity contribution in [2.24, 2.45) is 0 Å². The van der Waals surface area contributed by atoms with Crippen molar-refractivity contribution in [1.82, 2.24) is 0 Å². The summed E-state index contributed by atoms with van der Waals surface area (Å²) in [6.07, 6.45) is 0.861. The number of nitrogen functional groups attached to an aromatic ring is 1. The molecular formula is C14H20BNO3. The van der Waals surface area contributed by atoms with E-state index >= 15 is 0 Å². The number of ether oxygens (including phenoxy) is 1. The van der Waals surface area contributed by atoms with Crippen molar-refractivity contribution in [3.8, 4) is 5.75 Å². The highest BCUT2D eigenvalue weighted by molar-refractivity contribution is 6.62. The molecule has 3 rings (SSSR count). The van der Waals surface area contributed by atoms with E-state index in [9.17, 15) is 0 Å². The van der Waals surface area contributed by atoms with E-state index in [-0.39, 0.29) is 18.3 Å². The minimum Gasteiger partial charge on any atom is -0.491 e. The Morgan fingerprint density at radius 3 is 2.37 bits per heavy atom. The first-order valence-electron chi connectivity index (χ1n) is 6.71. The second-order valence-corrected chi connectivity index (χ2v) is 6.24. The Balaban J connectivity index is 2.00. The van der Waals surface area contributed by atoms with Crippen LogP contribution in [0, 0.1) is 0 Å². The van der Waals surface area contributed by atoms with Crippen LogP contribution in [0.15, 0.2) is 12.1 Å². The number of hydrogen-bond donors (Lipinski definition) is 1. The van der Waals surface area contributed by atoms with Gasteiger partial charge in [-0.25, -0.2) is 0 Å². The third kappa shape index (κ3) is 1.83. The van der Waals surface area contributed by atoms with Crippen LogP contribution in [0.4, 0.5) is 5.69 Å². The second-order valence-electron chi connectivity index (χ2n) is 6.24. The molecule has 0 atom stereocenters. The molecule has 1 aromatic rings. The van der Waals surface area contributed by atoms with Crippen molar-refractivity contribution in [3.63, 3.8) is 0 Å². The van der Waals surface area contributed by atoms with Gasteiger partial charge in [0.05, 0.1) is 23.5 Å². The van der Waals surface area contributed by atoms with Crippen LogP contribution >= 0.6 is 0 Å². The number of hydrogen-bond acceptors (Lipinski definition) is 4. The molecule has 4 nitrogen and oxygen atoms in total. The third-order valence-electron chi connectivity index (χ3n) is 4.43. The van der Waals surface area contributed by atoms with E-state index in [0.29, 0.717) is 12.3 Å². The Hall–Kier alpha value is -1.20. The van der Waals surface area contributed by atoms with Crippen molar-refractivity contribution in [2.45, 2.75) is 45.3 Å². The second kappa shape index (κ2) is 3.90. The van der Waals surface area contributed by atoms with Gasteiger partial charge in [-0.15, -0.1) is 0 Å². The minimum absolute atomic E-state index is 0.328. The summed E-state index contributed by atoms with van der Waals surface area (Å²) in [7, 11) is -0.346. The SMILES string of the molecule is CC1(C)OB(c2ccc(N)c3c2CCO3)OC1(C)C. The summed E-state index contributed by atoms with van der Waals surface area (Å²) in [6.45, 7) is 8.90. The fourth-order valence-corrected chi connectivity index (χ4v) is 2.54. The molecule has 0 aromatic heterocycles. The molecule has 5 heteroatoms. The topological polar surface area (TPSA) is 53.7 Å². The molecule has 0 unspecified atom stereocenters. The van der Waals surface area contributed by atoms with Crippen molar-refractivity contribution in [2.75, 3.05) is 12.3 Å². The number of fused-ring (bicyclic) bond motifs is 1. The van der Waals surface area contributed by atoms with Gasteiger partial charge in [-0.2, -0.15) is 0 Å². The van der Waals surface area contributed by atoms with Crippen LogP contribution in [-0.2, 0) is 15.7 Å². The van der Waals surface area contributed by atoms with Crippen LogP contribution < -0.4 is 15.9 Å². The Kier molecular flexibility index (Phi) is 2.63. The van der Waals surface area contributed by atoms with Crippen LogP contribution in [0.5, 0.6) is 5.75 Å². The van der Waals surface area contributed by atoms with E-state index in [0.717, 1.165) is 23.2 Å². The molecule has 2 N–H and O–H groups in total. The summed E-state index contributed by atoms with van der Waals surface area (Å²) in [5.41, 5.74) is 8.14. The smallest absolute Gasteiger partial charge is 0.491 e. The molecular weight excluding hydrogens is 241 g/mol. The normalized spacial score (nSPS) is 23.3. The molecule has 2 heterocycles. The maximum atomic E-state index is 6.10. The van der Waals surface area contributed by atoms with Crippen molar-refractivity contribution in [3.05, 3.63) is 17.7 Å². The summed E-state index contributed by atoms with van der Waals surface area (Å²) in [5, 5.41) is 0. The van der Waals surface area contributed by atoms with Gasteiger partial charge in [0.2, 0.25) is 0 Å². The lowest BCUT2D eigenvalue weighted by atomic mass is 9.75. The van der Waals surface area contributed by atoms with Gasteiger partial charge < -0.3 is 19.8 Å². The van der Waals surface area contributed by atoms with Gasteiger partial charge in [0.25, 0.3) is 0 Å². The molecule has 1 fully saturated rings. The molecule has 1 saturated heterocycles. The third-order valence-corrected chi connectivity index (χ3v) is 4.43. The van der Waals surface area contributed by atoms with Gasteiger partial charge in [0, 0.05) is 6.42 Å². The summed E-state index contributed by atoms with van der Waals surface area (Å²) >= 11 is 0. The minimum atomic E-state index is -0.346. The monoisotopic (exact) mass is 261 g/mol. The molecule has 0 spiro atoms. The first-order valence-corrected chi connectivity index (χ1v) is 6.71. The predicted octanol–water partition coefficient (Wildman–Crippen LogP) is 1.50. The average molecular weight is 261 g/mol. The van der Waals surface area contributed by atoms with Crippen LogP contribution in [-0.4, -0.2) is 24.9 Å². The van der Waals surface area contributed by atoms with Gasteiger partial charge >= 0.3 is 7.12 Å². The quantitative estimate of drug-likeness (QED) is 0.615. The van der Waals surface area contributed by atoms with Crippen molar-refractivity contribution in [1.29, 1.82) is 0 Å². The number of nitrogens with two attached hydrogens (primary N) is 1. The lowest BCUT2D eigenvalue weighted by Crippen LogP contribution is -2.41. The van der Waals surface area contributed by atoms with E-state index < -0.39 is 0 Å². The Labute approximate surface area is 114 Å². The highest BCUT2D eigenvalue weighted by Gasteiger charge is 2.52. The Bertz CT molecular complexity index is 512. The Morgan fingerprint density at radius 2 is 1.74 bits per heavy atom. The maximum absolute atomic E-state index is 6.10. The molecule has 102 valence electrons. The van der Waals surface area contributed by atoms with Gasteiger partial charge in [-0.3, -0.25) is 0 Å². The first-order chi connectivity index (χ1) is 8.82. The lowest BCUT2D eigenvalue weighted by molar-refractivity contribution is 0.00578. The highest BCUT2D eigenvalue weighted by Crippen LogP contribution is 2.38. The summed E-state index contributed by atoms with van der Waals surface area (Å²) in [6, 6.07) is 3.86. The van der Waals surface area contributed by atoms with Crippen molar-refractivity contribution >= 4 is 18.3 Å². The number of rotatable bonds is 1. The predicted molar refractivity (Wildman–Crippen MR) is 75.8 cm³/mol. The zero-order valence-corrected chi connectivity index (χ0v) is 11.9. The van der Waals surface area contributed by atoms with Gasteiger partial charge in [-0.1, -0.05) is 6.07 Å². The molecule has 2 aliphatic rings. The fourth-order valence-electron chi connectivity index (χ4n) is 2.54. The van der Waals surface area contributed by atoms with E-state index in [1.54, 1.807) is 0 Å². The zero-order valence-electron chi connectivity index (χ0n) is 11.9. The molecule has 0 aliphatic carbocycles. The van der Waals surface area contributed by atoms with Crippen LogP contribution in [0.3, 0.4) is 0 Å². The zero-order chi connectivity index (χ0) is 13.8. The van der Waals surface area contributed by atoms with E-state index in [4.69, 9.17) is 19.8 Å². The summed E-state index contributed by atoms with van der Waals surface area (Å²) in [5.74, 6) is 0.798. The fraction of sp³-hybridized carbons (Fsp3) is 0.571. The van der Waals surface area contributed by atoms with E-state index in [1.807, 2.05) is 12.1 Å². The van der Waals surface area contributed by atoms with Crippen LogP contribution in [0.1, 0.15) is 33.3 Å². The first kappa shape index (κ1) is 12.8. The van der Waals surface area contributed by atoms with Crippen LogP contribution in [0.25, 0.3) is 0 Å². The van der Waals surface area contributed by atoms with E-state index in [2.05, 4.69) is 27.7 Å². The molecule has 0 saturated carbocycles. The summed E-state index contributed by atoms with van der Waals surface area (Å²) in [4.78, 5) is 0. The van der Waals surface area contributed by atoms with Crippen molar-refractivity contribution < 1.29 is 14.0 Å². The molecule has 0 radical (unpaired) electrons. The molecule has 0 amide bonds. The van der Waals surface area contributed by atoms with Gasteiger partial charge in [0.15, 0.2) is 0 Å². The molecule has 2 aliphatic heterocycles. The van der Waals surface area contributed by atoms with Gasteiger partial charge in [0.1, 0.15) is 5.75 Å². The molecule has 1 aromatic carbocycles.